The number of carbonyl (C=O) groups is 1. The molecule has 4 heteroatoms. The Balaban J connectivity index is 1.85. The summed E-state index contributed by atoms with van der Waals surface area (Å²) in [6, 6.07) is 0.323. The highest BCUT2D eigenvalue weighted by atomic mass is 16.5. The third-order valence-electron chi connectivity index (χ3n) is 3.61. The molecular weight excluding hydrogens is 204 g/mol. The zero-order valence-electron chi connectivity index (χ0n) is 10.1. The molecule has 0 aromatic heterocycles. The molecule has 0 radical (unpaired) electrons. The molecule has 2 aliphatic rings. The molecule has 0 bridgehead atoms. The van der Waals surface area contributed by atoms with Crippen LogP contribution in [-0.4, -0.2) is 37.2 Å². The summed E-state index contributed by atoms with van der Waals surface area (Å²) < 4.78 is 5.55. The molecule has 0 spiro atoms. The summed E-state index contributed by atoms with van der Waals surface area (Å²) in [5, 5.41) is 6.48. The summed E-state index contributed by atoms with van der Waals surface area (Å²) in [6.45, 7) is 4.70. The van der Waals surface area contributed by atoms with Gasteiger partial charge in [-0.05, 0) is 52.1 Å². The van der Waals surface area contributed by atoms with Crippen molar-refractivity contribution in [1.29, 1.82) is 0 Å². The molecule has 2 aliphatic heterocycles. The summed E-state index contributed by atoms with van der Waals surface area (Å²) in [6.07, 6.45) is 5.10. The van der Waals surface area contributed by atoms with Crippen LogP contribution in [0.5, 0.6) is 0 Å². The third-order valence-corrected chi connectivity index (χ3v) is 3.61. The molecule has 0 aromatic carbocycles. The first-order chi connectivity index (χ1) is 7.71. The van der Waals surface area contributed by atoms with E-state index in [1.54, 1.807) is 0 Å². The number of hydrogen-bond acceptors (Lipinski definition) is 3. The van der Waals surface area contributed by atoms with Gasteiger partial charge in [0.15, 0.2) is 0 Å². The largest absolute Gasteiger partial charge is 0.365 e. The summed E-state index contributed by atoms with van der Waals surface area (Å²) in [5.41, 5.74) is -0.570. The van der Waals surface area contributed by atoms with Gasteiger partial charge < -0.3 is 15.4 Å². The van der Waals surface area contributed by atoms with Crippen LogP contribution in [-0.2, 0) is 9.53 Å². The van der Waals surface area contributed by atoms with Crippen molar-refractivity contribution in [2.75, 3.05) is 19.7 Å². The van der Waals surface area contributed by atoms with Crippen molar-refractivity contribution in [3.05, 3.63) is 0 Å². The van der Waals surface area contributed by atoms with Crippen LogP contribution in [0.1, 0.15) is 39.0 Å². The van der Waals surface area contributed by atoms with Crippen molar-refractivity contribution in [3.63, 3.8) is 0 Å². The number of nitrogens with one attached hydrogen (secondary N) is 2. The molecular formula is C12H22N2O2. The standard InChI is InChI=1S/C12H22N2O2/c1-12(6-3-9-16-12)11(15)14-10-4-2-7-13-8-5-10/h10,13H,2-9H2,1H3,(H,14,15). The van der Waals surface area contributed by atoms with Gasteiger partial charge in [0, 0.05) is 12.6 Å². The number of amides is 1. The minimum atomic E-state index is -0.570. The number of carbonyl (C=O) groups excluding carboxylic acids is 1. The summed E-state index contributed by atoms with van der Waals surface area (Å²) in [7, 11) is 0. The van der Waals surface area contributed by atoms with Crippen molar-refractivity contribution >= 4 is 5.91 Å². The second kappa shape index (κ2) is 5.15. The van der Waals surface area contributed by atoms with Gasteiger partial charge in [-0.25, -0.2) is 0 Å². The van der Waals surface area contributed by atoms with E-state index in [2.05, 4.69) is 10.6 Å². The lowest BCUT2D eigenvalue weighted by atomic mass is 10.0. The molecule has 0 aromatic rings. The van der Waals surface area contributed by atoms with E-state index in [0.29, 0.717) is 6.04 Å². The van der Waals surface area contributed by atoms with Crippen molar-refractivity contribution in [2.45, 2.75) is 50.7 Å². The molecule has 2 atom stereocenters. The van der Waals surface area contributed by atoms with Crippen LogP contribution in [0.4, 0.5) is 0 Å². The predicted octanol–water partition coefficient (Wildman–Crippen LogP) is 0.814. The lowest BCUT2D eigenvalue weighted by Crippen LogP contribution is -2.48. The SMILES string of the molecule is CC1(C(=O)NC2CCCNCC2)CCCO1. The number of ether oxygens (including phenoxy) is 1. The van der Waals surface area contributed by atoms with Gasteiger partial charge in [0.25, 0.3) is 5.91 Å². The minimum Gasteiger partial charge on any atom is -0.365 e. The van der Waals surface area contributed by atoms with Gasteiger partial charge in [-0.2, -0.15) is 0 Å². The zero-order valence-corrected chi connectivity index (χ0v) is 10.1. The van der Waals surface area contributed by atoms with E-state index in [-0.39, 0.29) is 5.91 Å². The highest BCUT2D eigenvalue weighted by Crippen LogP contribution is 2.25. The maximum Gasteiger partial charge on any atom is 0.252 e. The van der Waals surface area contributed by atoms with E-state index in [1.807, 2.05) is 6.92 Å². The second-order valence-electron chi connectivity index (χ2n) is 5.03. The van der Waals surface area contributed by atoms with Crippen LogP contribution >= 0.6 is 0 Å². The number of rotatable bonds is 2. The van der Waals surface area contributed by atoms with Crippen LogP contribution in [0, 0.1) is 0 Å². The molecule has 2 heterocycles. The normalized spacial score (nSPS) is 35.7. The van der Waals surface area contributed by atoms with E-state index >= 15 is 0 Å². The monoisotopic (exact) mass is 226 g/mol. The Kier molecular flexibility index (Phi) is 3.82. The molecule has 16 heavy (non-hydrogen) atoms. The first-order valence-corrected chi connectivity index (χ1v) is 6.36. The fraction of sp³-hybridized carbons (Fsp3) is 0.917. The third kappa shape index (κ3) is 2.74. The van der Waals surface area contributed by atoms with Gasteiger partial charge in [-0.15, -0.1) is 0 Å². The van der Waals surface area contributed by atoms with Crippen LogP contribution in [0.15, 0.2) is 0 Å². The summed E-state index contributed by atoms with van der Waals surface area (Å²) in [5.74, 6) is 0.0805. The van der Waals surface area contributed by atoms with Crippen LogP contribution in [0.3, 0.4) is 0 Å². The lowest BCUT2D eigenvalue weighted by molar-refractivity contribution is -0.140. The summed E-state index contributed by atoms with van der Waals surface area (Å²) in [4.78, 5) is 12.1. The van der Waals surface area contributed by atoms with Crippen molar-refractivity contribution in [1.82, 2.24) is 10.6 Å². The highest BCUT2D eigenvalue weighted by Gasteiger charge is 2.38. The fourth-order valence-corrected chi connectivity index (χ4v) is 2.46. The van der Waals surface area contributed by atoms with E-state index in [0.717, 1.165) is 51.8 Å². The van der Waals surface area contributed by atoms with Gasteiger partial charge in [0.05, 0.1) is 0 Å². The van der Waals surface area contributed by atoms with Crippen molar-refractivity contribution in [3.8, 4) is 0 Å². The molecule has 2 fully saturated rings. The smallest absolute Gasteiger partial charge is 0.252 e. The Hall–Kier alpha value is -0.610. The van der Waals surface area contributed by atoms with Gasteiger partial charge in [0.2, 0.25) is 0 Å². The zero-order chi connectivity index (χ0) is 11.4. The van der Waals surface area contributed by atoms with Crippen molar-refractivity contribution < 1.29 is 9.53 Å². The van der Waals surface area contributed by atoms with E-state index in [1.165, 1.54) is 0 Å². The van der Waals surface area contributed by atoms with E-state index < -0.39 is 5.60 Å². The van der Waals surface area contributed by atoms with E-state index in [4.69, 9.17) is 4.74 Å². The maximum absolute atomic E-state index is 12.1. The Morgan fingerprint density at radius 1 is 1.38 bits per heavy atom. The highest BCUT2D eigenvalue weighted by molar-refractivity contribution is 5.85. The Morgan fingerprint density at radius 3 is 3.00 bits per heavy atom. The molecule has 4 nitrogen and oxygen atoms in total. The van der Waals surface area contributed by atoms with Crippen LogP contribution in [0.2, 0.25) is 0 Å². The first-order valence-electron chi connectivity index (χ1n) is 6.36. The molecule has 2 unspecified atom stereocenters. The Labute approximate surface area is 97.1 Å². The maximum atomic E-state index is 12.1. The number of hydrogen-bond donors (Lipinski definition) is 2. The minimum absolute atomic E-state index is 0.0805. The van der Waals surface area contributed by atoms with Crippen LogP contribution < -0.4 is 10.6 Å². The van der Waals surface area contributed by atoms with Gasteiger partial charge >= 0.3 is 0 Å². The second-order valence-corrected chi connectivity index (χ2v) is 5.03. The van der Waals surface area contributed by atoms with E-state index in [9.17, 15) is 4.79 Å². The van der Waals surface area contributed by atoms with Crippen molar-refractivity contribution in [2.24, 2.45) is 0 Å². The molecule has 2 rings (SSSR count). The average Bonchev–Trinajstić information content (AvgIpc) is 2.56. The Morgan fingerprint density at radius 2 is 2.25 bits per heavy atom. The molecule has 92 valence electrons. The van der Waals surface area contributed by atoms with Gasteiger partial charge in [-0.1, -0.05) is 0 Å². The van der Waals surface area contributed by atoms with Gasteiger partial charge in [-0.3, -0.25) is 4.79 Å². The van der Waals surface area contributed by atoms with Crippen LogP contribution in [0.25, 0.3) is 0 Å². The molecule has 0 aliphatic carbocycles. The Bertz CT molecular complexity index is 241. The summed E-state index contributed by atoms with van der Waals surface area (Å²) >= 11 is 0. The fourth-order valence-electron chi connectivity index (χ4n) is 2.46. The molecule has 2 saturated heterocycles. The lowest BCUT2D eigenvalue weighted by Gasteiger charge is -2.25. The first kappa shape index (κ1) is 11.9. The average molecular weight is 226 g/mol. The predicted molar refractivity (Wildman–Crippen MR) is 62.2 cm³/mol. The quantitative estimate of drug-likeness (QED) is 0.732. The topological polar surface area (TPSA) is 50.4 Å². The van der Waals surface area contributed by atoms with Gasteiger partial charge in [0.1, 0.15) is 5.60 Å². The molecule has 0 saturated carbocycles. The molecule has 1 amide bonds. The molecule has 2 N–H and O–H groups in total.